The van der Waals surface area contributed by atoms with E-state index in [0.29, 0.717) is 10.6 Å². The third kappa shape index (κ3) is 3.94. The van der Waals surface area contributed by atoms with E-state index in [9.17, 15) is 19.7 Å². The molecule has 30 heavy (non-hydrogen) atoms. The summed E-state index contributed by atoms with van der Waals surface area (Å²) >= 11 is 1.40. The Bertz CT molecular complexity index is 1100. The van der Waals surface area contributed by atoms with Gasteiger partial charge in [0, 0.05) is 29.2 Å². The number of rotatable bonds is 4. The van der Waals surface area contributed by atoms with Gasteiger partial charge >= 0.3 is 0 Å². The fourth-order valence-electron chi connectivity index (χ4n) is 4.05. The van der Waals surface area contributed by atoms with Crippen LogP contribution in [0.4, 0.5) is 15.1 Å². The highest BCUT2D eigenvalue weighted by molar-refractivity contribution is 7.16. The van der Waals surface area contributed by atoms with Crippen LogP contribution in [-0.4, -0.2) is 19.0 Å². The van der Waals surface area contributed by atoms with E-state index in [4.69, 9.17) is 0 Å². The van der Waals surface area contributed by atoms with Gasteiger partial charge < -0.3 is 10.2 Å². The number of aryl methyl sites for hydroxylation is 1. The summed E-state index contributed by atoms with van der Waals surface area (Å²) in [5.74, 6) is -1.10. The predicted molar refractivity (Wildman–Crippen MR) is 116 cm³/mol. The summed E-state index contributed by atoms with van der Waals surface area (Å²) in [6.07, 6.45) is 7.29. The molecule has 1 aromatic carbocycles. The maximum absolute atomic E-state index is 14.6. The molecular formula is C23H21FN4OS. The van der Waals surface area contributed by atoms with Crippen LogP contribution < -0.4 is 10.2 Å². The van der Waals surface area contributed by atoms with Crippen molar-refractivity contribution in [3.63, 3.8) is 0 Å². The van der Waals surface area contributed by atoms with Crippen molar-refractivity contribution in [3.8, 4) is 12.1 Å². The first-order valence-corrected chi connectivity index (χ1v) is 10.9. The highest BCUT2D eigenvalue weighted by atomic mass is 32.1. The topological polar surface area (TPSA) is 79.9 Å². The number of nitrogens with zero attached hydrogens (tertiary/aromatic N) is 3. The molecule has 1 saturated heterocycles. The number of fused-ring (bicyclic) bond motifs is 1. The van der Waals surface area contributed by atoms with E-state index in [1.807, 2.05) is 12.1 Å². The zero-order valence-electron chi connectivity index (χ0n) is 16.5. The van der Waals surface area contributed by atoms with Gasteiger partial charge in [-0.3, -0.25) is 4.79 Å². The molecule has 0 saturated carbocycles. The summed E-state index contributed by atoms with van der Waals surface area (Å²) in [7, 11) is 0. The Morgan fingerprint density at radius 1 is 1.17 bits per heavy atom. The third-order valence-electron chi connectivity index (χ3n) is 5.63. The molecule has 0 radical (unpaired) electrons. The van der Waals surface area contributed by atoms with Crippen molar-refractivity contribution < 1.29 is 9.18 Å². The summed E-state index contributed by atoms with van der Waals surface area (Å²) in [5, 5.41) is 22.2. The van der Waals surface area contributed by atoms with Crippen molar-refractivity contribution in [1.82, 2.24) is 0 Å². The smallest absolute Gasteiger partial charge is 0.266 e. The molecule has 1 N–H and O–H groups in total. The van der Waals surface area contributed by atoms with Gasteiger partial charge in [0.25, 0.3) is 5.91 Å². The Labute approximate surface area is 179 Å². The number of anilines is 2. The van der Waals surface area contributed by atoms with Crippen LogP contribution in [0.5, 0.6) is 0 Å². The molecular weight excluding hydrogens is 399 g/mol. The second-order valence-electron chi connectivity index (χ2n) is 7.55. The average Bonchev–Trinajstić information content (AvgIpc) is 3.40. The second kappa shape index (κ2) is 8.69. The first kappa shape index (κ1) is 20.1. The third-order valence-corrected chi connectivity index (χ3v) is 6.84. The number of benzene rings is 1. The van der Waals surface area contributed by atoms with Crippen molar-refractivity contribution in [2.24, 2.45) is 0 Å². The maximum Gasteiger partial charge on any atom is 0.266 e. The monoisotopic (exact) mass is 420 g/mol. The van der Waals surface area contributed by atoms with Crippen LogP contribution in [0.2, 0.25) is 0 Å². The standard InChI is InChI=1S/C23H21FN4OS/c24-20-12-17(28-9-3-4-10-28)8-7-15(20)11-16(13-25)22(29)27-23-19(14-26)18-5-1-2-6-21(18)30-23/h7-8,11-12H,1-6,9-10H2,(H,27,29). The fraction of sp³-hybridized carbons (Fsp3) is 0.348. The quantitative estimate of drug-likeness (QED) is 0.570. The van der Waals surface area contributed by atoms with Gasteiger partial charge in [0.1, 0.15) is 28.5 Å². The highest BCUT2D eigenvalue weighted by Crippen LogP contribution is 2.37. The molecule has 1 aliphatic carbocycles. The summed E-state index contributed by atoms with van der Waals surface area (Å²) in [4.78, 5) is 15.9. The number of carbonyl (C=O) groups excluding carboxylic acids is 1. The minimum Gasteiger partial charge on any atom is -0.371 e. The molecule has 7 heteroatoms. The van der Waals surface area contributed by atoms with E-state index in [-0.39, 0.29) is 11.1 Å². The van der Waals surface area contributed by atoms with E-state index in [1.165, 1.54) is 23.5 Å². The average molecular weight is 421 g/mol. The lowest BCUT2D eigenvalue weighted by molar-refractivity contribution is -0.112. The van der Waals surface area contributed by atoms with Gasteiger partial charge in [0.05, 0.1) is 5.56 Å². The number of nitriles is 2. The number of carbonyl (C=O) groups is 1. The largest absolute Gasteiger partial charge is 0.371 e. The first-order valence-electron chi connectivity index (χ1n) is 10.1. The molecule has 0 bridgehead atoms. The number of nitrogens with one attached hydrogen (secondary N) is 1. The SMILES string of the molecule is N#CC(=Cc1ccc(N2CCCC2)cc1F)C(=O)Nc1sc2c(c1C#N)CCCC2. The van der Waals surface area contributed by atoms with Gasteiger partial charge in [-0.25, -0.2) is 4.39 Å². The van der Waals surface area contributed by atoms with E-state index in [0.717, 1.165) is 67.7 Å². The molecule has 152 valence electrons. The van der Waals surface area contributed by atoms with Gasteiger partial charge in [-0.05, 0) is 68.4 Å². The van der Waals surface area contributed by atoms with E-state index in [1.54, 1.807) is 6.07 Å². The summed E-state index contributed by atoms with van der Waals surface area (Å²) in [6.45, 7) is 1.82. The van der Waals surface area contributed by atoms with E-state index >= 15 is 0 Å². The van der Waals surface area contributed by atoms with Gasteiger partial charge in [0.2, 0.25) is 0 Å². The zero-order valence-corrected chi connectivity index (χ0v) is 17.3. The Morgan fingerprint density at radius 3 is 2.63 bits per heavy atom. The van der Waals surface area contributed by atoms with Crippen LogP contribution in [-0.2, 0) is 17.6 Å². The molecule has 0 atom stereocenters. The summed E-state index contributed by atoms with van der Waals surface area (Å²) in [6, 6.07) is 8.91. The number of hydrogen-bond donors (Lipinski definition) is 1. The van der Waals surface area contributed by atoms with E-state index in [2.05, 4.69) is 16.3 Å². The number of thiophene rings is 1. The van der Waals surface area contributed by atoms with Gasteiger partial charge in [-0.15, -0.1) is 11.3 Å². The van der Waals surface area contributed by atoms with Crippen LogP contribution in [0.1, 0.15) is 47.3 Å². The van der Waals surface area contributed by atoms with Crippen molar-refractivity contribution in [2.75, 3.05) is 23.3 Å². The maximum atomic E-state index is 14.6. The van der Waals surface area contributed by atoms with E-state index < -0.39 is 11.7 Å². The molecule has 2 aliphatic rings. The van der Waals surface area contributed by atoms with Crippen LogP contribution in [0.25, 0.3) is 6.08 Å². The first-order chi connectivity index (χ1) is 14.6. The number of amides is 1. The van der Waals surface area contributed by atoms with Crippen LogP contribution in [0, 0.1) is 28.5 Å². The number of halogens is 1. The molecule has 2 aromatic rings. The Balaban J connectivity index is 1.56. The molecule has 0 spiro atoms. The van der Waals surface area contributed by atoms with Crippen LogP contribution >= 0.6 is 11.3 Å². The van der Waals surface area contributed by atoms with Gasteiger partial charge in [0.15, 0.2) is 0 Å². The van der Waals surface area contributed by atoms with Crippen molar-refractivity contribution in [1.29, 1.82) is 10.5 Å². The van der Waals surface area contributed by atoms with Crippen molar-refractivity contribution in [3.05, 3.63) is 51.2 Å². The summed E-state index contributed by atoms with van der Waals surface area (Å²) in [5.41, 5.74) is 2.30. The van der Waals surface area contributed by atoms with Crippen molar-refractivity contribution in [2.45, 2.75) is 38.5 Å². The lowest BCUT2D eigenvalue weighted by Crippen LogP contribution is -2.17. The minimum absolute atomic E-state index is 0.190. The second-order valence-corrected chi connectivity index (χ2v) is 8.66. The molecule has 4 rings (SSSR count). The Morgan fingerprint density at radius 2 is 1.93 bits per heavy atom. The van der Waals surface area contributed by atoms with Gasteiger partial charge in [-0.2, -0.15) is 10.5 Å². The normalized spacial score (nSPS) is 16.0. The molecule has 5 nitrogen and oxygen atoms in total. The lowest BCUT2D eigenvalue weighted by Gasteiger charge is -2.17. The molecule has 1 fully saturated rings. The van der Waals surface area contributed by atoms with Crippen LogP contribution in [0.3, 0.4) is 0 Å². The highest BCUT2D eigenvalue weighted by Gasteiger charge is 2.23. The molecule has 1 amide bonds. The summed E-state index contributed by atoms with van der Waals surface area (Å²) < 4.78 is 14.6. The predicted octanol–water partition coefficient (Wildman–Crippen LogP) is 4.78. The molecule has 2 heterocycles. The van der Waals surface area contributed by atoms with Crippen LogP contribution in [0.15, 0.2) is 23.8 Å². The van der Waals surface area contributed by atoms with Gasteiger partial charge in [-0.1, -0.05) is 0 Å². The molecule has 0 unspecified atom stereocenters. The Hall–Kier alpha value is -3.16. The molecule has 1 aromatic heterocycles. The van der Waals surface area contributed by atoms with Crippen molar-refractivity contribution >= 4 is 34.0 Å². The lowest BCUT2D eigenvalue weighted by atomic mass is 9.96. The number of hydrogen-bond acceptors (Lipinski definition) is 5. The minimum atomic E-state index is -0.629. The Kier molecular flexibility index (Phi) is 5.83. The molecule has 1 aliphatic heterocycles. The fourth-order valence-corrected chi connectivity index (χ4v) is 5.29. The zero-order chi connectivity index (χ0) is 21.1.